The van der Waals surface area contributed by atoms with Crippen molar-refractivity contribution in [3.63, 3.8) is 0 Å². The van der Waals surface area contributed by atoms with Crippen molar-refractivity contribution in [1.82, 2.24) is 15.0 Å². The van der Waals surface area contributed by atoms with Crippen molar-refractivity contribution in [1.29, 1.82) is 0 Å². The first-order valence-corrected chi connectivity index (χ1v) is 4.34. The summed E-state index contributed by atoms with van der Waals surface area (Å²) in [6.07, 6.45) is 3.56. The van der Waals surface area contributed by atoms with Gasteiger partial charge >= 0.3 is 0 Å². The lowest BCUT2D eigenvalue weighted by Gasteiger charge is -2.09. The molecule has 0 bridgehead atoms. The fraction of sp³-hybridized carbons (Fsp3) is 0.750. The van der Waals surface area contributed by atoms with E-state index in [9.17, 15) is 0 Å². The molecular weight excluding hydrogens is 168 g/mol. The maximum Gasteiger partial charge on any atom is 0.0751 e. The van der Waals surface area contributed by atoms with Crippen LogP contribution < -0.4 is 5.73 Å². The lowest BCUT2D eigenvalue weighted by molar-refractivity contribution is 0.190. The van der Waals surface area contributed by atoms with Gasteiger partial charge in [-0.05, 0) is 12.8 Å². The van der Waals surface area contributed by atoms with Crippen LogP contribution in [0.1, 0.15) is 24.6 Å². The molecule has 0 saturated carbocycles. The Kier molecular flexibility index (Phi) is 3.85. The van der Waals surface area contributed by atoms with E-state index in [0.29, 0.717) is 0 Å². The third kappa shape index (κ3) is 2.78. The molecule has 0 fully saturated rings. The van der Waals surface area contributed by atoms with Gasteiger partial charge in [-0.3, -0.25) is 4.68 Å². The number of nitrogens with zero attached hydrogens (tertiary/aromatic N) is 3. The van der Waals surface area contributed by atoms with Gasteiger partial charge in [-0.25, -0.2) is 0 Å². The number of methoxy groups -OCH3 is 1. The molecule has 0 saturated heterocycles. The summed E-state index contributed by atoms with van der Waals surface area (Å²) in [6.45, 7) is 0.749. The molecule has 1 atom stereocenters. The molecule has 1 rings (SSSR count). The highest BCUT2D eigenvalue weighted by atomic mass is 16.5. The fourth-order valence-electron chi connectivity index (χ4n) is 1.23. The van der Waals surface area contributed by atoms with Crippen LogP contribution in [0.4, 0.5) is 0 Å². The molecular formula is C8H16N4O. The standard InChI is InChI=1S/C8H16N4O/c1-12-8(6-10-11-12)7(9)4-3-5-13-2/h6-7H,3-5,9H2,1-2H3. The van der Waals surface area contributed by atoms with Gasteiger partial charge in [0.2, 0.25) is 0 Å². The lowest BCUT2D eigenvalue weighted by Crippen LogP contribution is -2.15. The zero-order chi connectivity index (χ0) is 9.68. The molecule has 5 heteroatoms. The molecule has 13 heavy (non-hydrogen) atoms. The average Bonchev–Trinajstić information content (AvgIpc) is 2.52. The van der Waals surface area contributed by atoms with Crippen molar-refractivity contribution >= 4 is 0 Å². The fourth-order valence-corrected chi connectivity index (χ4v) is 1.23. The van der Waals surface area contributed by atoms with Gasteiger partial charge < -0.3 is 10.5 Å². The van der Waals surface area contributed by atoms with Crippen molar-refractivity contribution in [2.24, 2.45) is 12.8 Å². The Bertz CT molecular complexity index is 248. The normalized spacial score (nSPS) is 13.2. The first kappa shape index (κ1) is 10.1. The van der Waals surface area contributed by atoms with Crippen LogP contribution in [0.3, 0.4) is 0 Å². The Hall–Kier alpha value is -0.940. The molecule has 0 amide bonds. The Labute approximate surface area is 77.9 Å². The van der Waals surface area contributed by atoms with Crippen molar-refractivity contribution in [2.45, 2.75) is 18.9 Å². The minimum atomic E-state index is 0.00940. The summed E-state index contributed by atoms with van der Waals surface area (Å²) in [5.74, 6) is 0. The molecule has 1 unspecified atom stereocenters. The third-order valence-electron chi connectivity index (χ3n) is 1.99. The van der Waals surface area contributed by atoms with E-state index in [1.54, 1.807) is 18.0 Å². The van der Waals surface area contributed by atoms with Crippen LogP contribution in [-0.2, 0) is 11.8 Å². The van der Waals surface area contributed by atoms with Crippen LogP contribution in [0.25, 0.3) is 0 Å². The number of nitrogens with two attached hydrogens (primary N) is 1. The van der Waals surface area contributed by atoms with E-state index >= 15 is 0 Å². The highest BCUT2D eigenvalue weighted by Crippen LogP contribution is 2.12. The van der Waals surface area contributed by atoms with Crippen LogP contribution in [0, 0.1) is 0 Å². The first-order valence-electron chi connectivity index (χ1n) is 4.34. The maximum atomic E-state index is 5.92. The number of rotatable bonds is 5. The van der Waals surface area contributed by atoms with Crippen LogP contribution in [0.5, 0.6) is 0 Å². The quantitative estimate of drug-likeness (QED) is 0.666. The monoisotopic (exact) mass is 184 g/mol. The van der Waals surface area contributed by atoms with Crippen LogP contribution in [0.2, 0.25) is 0 Å². The molecule has 5 nitrogen and oxygen atoms in total. The molecule has 0 spiro atoms. The highest BCUT2D eigenvalue weighted by Gasteiger charge is 2.09. The minimum absolute atomic E-state index is 0.00940. The predicted molar refractivity (Wildman–Crippen MR) is 49.0 cm³/mol. The van der Waals surface area contributed by atoms with E-state index in [1.165, 1.54) is 0 Å². The molecule has 0 aliphatic rings. The van der Waals surface area contributed by atoms with E-state index in [2.05, 4.69) is 10.3 Å². The molecule has 0 aliphatic heterocycles. The van der Waals surface area contributed by atoms with Crippen molar-refractivity contribution < 1.29 is 4.74 Å². The Morgan fingerprint density at radius 3 is 3.00 bits per heavy atom. The number of hydrogen-bond donors (Lipinski definition) is 1. The van der Waals surface area contributed by atoms with E-state index in [-0.39, 0.29) is 6.04 Å². The molecule has 0 aromatic carbocycles. The van der Waals surface area contributed by atoms with Crippen LogP contribution in [-0.4, -0.2) is 28.7 Å². The smallest absolute Gasteiger partial charge is 0.0751 e. The van der Waals surface area contributed by atoms with Gasteiger partial charge in [-0.15, -0.1) is 5.10 Å². The van der Waals surface area contributed by atoms with Crippen molar-refractivity contribution in [2.75, 3.05) is 13.7 Å². The van der Waals surface area contributed by atoms with Gasteiger partial charge in [0.05, 0.1) is 11.9 Å². The SMILES string of the molecule is COCCCC(N)c1cnnn1C. The van der Waals surface area contributed by atoms with E-state index in [4.69, 9.17) is 10.5 Å². The molecule has 74 valence electrons. The first-order chi connectivity index (χ1) is 6.25. The number of hydrogen-bond acceptors (Lipinski definition) is 4. The lowest BCUT2D eigenvalue weighted by atomic mass is 10.1. The van der Waals surface area contributed by atoms with Crippen LogP contribution in [0.15, 0.2) is 6.20 Å². The summed E-state index contributed by atoms with van der Waals surface area (Å²) in [5.41, 5.74) is 6.89. The Morgan fingerprint density at radius 1 is 1.69 bits per heavy atom. The highest BCUT2D eigenvalue weighted by molar-refractivity contribution is 4.99. The molecule has 0 radical (unpaired) electrons. The van der Waals surface area contributed by atoms with Gasteiger partial charge in [-0.1, -0.05) is 5.21 Å². The summed E-state index contributed by atoms with van der Waals surface area (Å²) < 4.78 is 6.65. The minimum Gasteiger partial charge on any atom is -0.385 e. The van der Waals surface area contributed by atoms with E-state index < -0.39 is 0 Å². The second kappa shape index (κ2) is 4.94. The zero-order valence-corrected chi connectivity index (χ0v) is 8.10. The number of aromatic nitrogens is 3. The van der Waals surface area contributed by atoms with Gasteiger partial charge in [-0.2, -0.15) is 0 Å². The summed E-state index contributed by atoms with van der Waals surface area (Å²) in [6, 6.07) is 0.00940. The number of aryl methyl sites for hydroxylation is 1. The predicted octanol–water partition coefficient (Wildman–Crippen LogP) is 0.241. The van der Waals surface area contributed by atoms with E-state index in [0.717, 1.165) is 25.1 Å². The number of ether oxygens (including phenoxy) is 1. The van der Waals surface area contributed by atoms with Gasteiger partial charge in [0.25, 0.3) is 0 Å². The van der Waals surface area contributed by atoms with Crippen LogP contribution >= 0.6 is 0 Å². The average molecular weight is 184 g/mol. The van der Waals surface area contributed by atoms with Gasteiger partial charge in [0, 0.05) is 26.8 Å². The zero-order valence-electron chi connectivity index (χ0n) is 8.10. The largest absolute Gasteiger partial charge is 0.385 e. The summed E-state index contributed by atoms with van der Waals surface area (Å²) in [7, 11) is 3.54. The molecule has 1 aromatic rings. The Balaban J connectivity index is 2.39. The molecule has 0 aliphatic carbocycles. The van der Waals surface area contributed by atoms with Gasteiger partial charge in [0.1, 0.15) is 0 Å². The van der Waals surface area contributed by atoms with Gasteiger partial charge in [0.15, 0.2) is 0 Å². The summed E-state index contributed by atoms with van der Waals surface area (Å²) in [5, 5.41) is 7.59. The maximum absolute atomic E-state index is 5.92. The molecule has 1 aromatic heterocycles. The summed E-state index contributed by atoms with van der Waals surface area (Å²) >= 11 is 0. The Morgan fingerprint density at radius 2 is 2.46 bits per heavy atom. The van der Waals surface area contributed by atoms with Crippen molar-refractivity contribution in [3.05, 3.63) is 11.9 Å². The van der Waals surface area contributed by atoms with E-state index in [1.807, 2.05) is 7.05 Å². The second-order valence-electron chi connectivity index (χ2n) is 3.02. The molecule has 2 N–H and O–H groups in total. The third-order valence-corrected chi connectivity index (χ3v) is 1.99. The topological polar surface area (TPSA) is 66.0 Å². The second-order valence-corrected chi connectivity index (χ2v) is 3.02. The van der Waals surface area contributed by atoms with Crippen molar-refractivity contribution in [3.8, 4) is 0 Å². The molecule has 1 heterocycles. The summed E-state index contributed by atoms with van der Waals surface area (Å²) in [4.78, 5) is 0.